The first-order chi connectivity index (χ1) is 18.8. The minimum Gasteiger partial charge on any atom is -0.504 e. The molecule has 0 amide bonds. The first-order valence-corrected chi connectivity index (χ1v) is 13.1. The highest BCUT2D eigenvalue weighted by Gasteiger charge is 2.35. The van der Waals surface area contributed by atoms with Crippen LogP contribution in [0.4, 0.5) is 0 Å². The standard InChI is InChI=1S/C29H32N2O8/c1-3-38-25-10-18(7-8-23(25)32)21(12-27(35)37-2)29-28(36)24(33)11-20(39-29)16-30-13-17-9-19(15-30)22-5-4-6-26(34)31(22)14-17/h4-8,10-11,17,19,21,32,36H,3,9,12-16H2,1-2H3/t17-,19+,21?/m1/s1. The molecule has 39 heavy (non-hydrogen) atoms. The Hall–Kier alpha value is -4.05. The van der Waals surface area contributed by atoms with Gasteiger partial charge >= 0.3 is 5.97 Å². The lowest BCUT2D eigenvalue weighted by atomic mass is 9.83. The third-order valence-electron chi connectivity index (χ3n) is 7.54. The van der Waals surface area contributed by atoms with E-state index in [1.807, 2.05) is 10.6 Å². The molecule has 2 bridgehead atoms. The highest BCUT2D eigenvalue weighted by Crippen LogP contribution is 2.39. The number of carbonyl (C=O) groups is 1. The van der Waals surface area contributed by atoms with Crippen LogP contribution in [0.2, 0.25) is 0 Å². The lowest BCUT2D eigenvalue weighted by Crippen LogP contribution is -2.46. The van der Waals surface area contributed by atoms with Gasteiger partial charge in [-0.05, 0) is 43.0 Å². The minimum atomic E-state index is -0.857. The second kappa shape index (κ2) is 11.0. The summed E-state index contributed by atoms with van der Waals surface area (Å²) in [5.41, 5.74) is 0.931. The highest BCUT2D eigenvalue weighted by molar-refractivity contribution is 5.71. The largest absolute Gasteiger partial charge is 0.504 e. The number of hydrogen-bond donors (Lipinski definition) is 2. The average Bonchev–Trinajstić information content (AvgIpc) is 2.91. The zero-order chi connectivity index (χ0) is 27.7. The van der Waals surface area contributed by atoms with Crippen molar-refractivity contribution in [2.45, 2.75) is 44.7 Å². The summed E-state index contributed by atoms with van der Waals surface area (Å²) in [7, 11) is 1.26. The van der Waals surface area contributed by atoms with Crippen molar-refractivity contribution in [1.29, 1.82) is 0 Å². The number of pyridine rings is 1. The van der Waals surface area contributed by atoms with Gasteiger partial charge in [0, 0.05) is 43.4 Å². The van der Waals surface area contributed by atoms with Gasteiger partial charge < -0.3 is 28.7 Å². The molecule has 0 aliphatic carbocycles. The minimum absolute atomic E-state index is 0.0168. The van der Waals surface area contributed by atoms with Crippen LogP contribution in [0.5, 0.6) is 17.2 Å². The zero-order valence-electron chi connectivity index (χ0n) is 22.0. The van der Waals surface area contributed by atoms with Crippen molar-refractivity contribution in [2.24, 2.45) is 5.92 Å². The van der Waals surface area contributed by atoms with E-state index in [0.717, 1.165) is 18.7 Å². The molecule has 2 N–H and O–H groups in total. The summed E-state index contributed by atoms with van der Waals surface area (Å²) >= 11 is 0. The van der Waals surface area contributed by atoms with Gasteiger partial charge in [0.2, 0.25) is 11.2 Å². The summed E-state index contributed by atoms with van der Waals surface area (Å²) in [5.74, 6) is -1.07. The quantitative estimate of drug-likeness (QED) is 0.417. The number of methoxy groups -OCH3 is 1. The highest BCUT2D eigenvalue weighted by atomic mass is 16.5. The van der Waals surface area contributed by atoms with Crippen molar-refractivity contribution >= 4 is 5.97 Å². The fourth-order valence-electron chi connectivity index (χ4n) is 5.84. The Kier molecular flexibility index (Phi) is 7.47. The Balaban J connectivity index is 1.47. The second-order valence-electron chi connectivity index (χ2n) is 10.2. The maximum absolute atomic E-state index is 12.9. The van der Waals surface area contributed by atoms with Crippen LogP contribution in [-0.4, -0.2) is 52.5 Å². The van der Waals surface area contributed by atoms with Gasteiger partial charge in [0.15, 0.2) is 17.3 Å². The van der Waals surface area contributed by atoms with Crippen molar-refractivity contribution in [3.8, 4) is 17.2 Å². The van der Waals surface area contributed by atoms with E-state index in [2.05, 4.69) is 4.90 Å². The van der Waals surface area contributed by atoms with Gasteiger partial charge in [-0.2, -0.15) is 0 Å². The Labute approximate surface area is 225 Å². The lowest BCUT2D eigenvalue weighted by molar-refractivity contribution is -0.140. The summed E-state index contributed by atoms with van der Waals surface area (Å²) in [6.45, 7) is 4.50. The number of carbonyl (C=O) groups excluding carboxylic acids is 1. The molecule has 1 unspecified atom stereocenters. The van der Waals surface area contributed by atoms with Crippen LogP contribution in [0, 0.1) is 5.92 Å². The van der Waals surface area contributed by atoms with Gasteiger partial charge in [0.05, 0.1) is 32.6 Å². The molecule has 0 spiro atoms. The van der Waals surface area contributed by atoms with E-state index in [9.17, 15) is 24.6 Å². The number of ether oxygens (including phenoxy) is 2. The number of rotatable bonds is 8. The second-order valence-corrected chi connectivity index (χ2v) is 10.2. The number of phenols is 1. The SMILES string of the molecule is CCOc1cc(C(CC(=O)OC)c2oc(CN3C[C@H]4C[C@@H](C3)c3cccc(=O)n3C4)cc(=O)c2O)ccc1O. The number of esters is 1. The van der Waals surface area contributed by atoms with E-state index in [1.165, 1.54) is 19.2 Å². The molecule has 10 heteroatoms. The van der Waals surface area contributed by atoms with E-state index in [4.69, 9.17) is 13.9 Å². The van der Waals surface area contributed by atoms with Crippen molar-refractivity contribution < 1.29 is 28.9 Å². The topological polar surface area (TPSA) is 131 Å². The normalized spacial score (nSPS) is 19.2. The molecule has 0 saturated carbocycles. The van der Waals surface area contributed by atoms with Crippen LogP contribution in [0.3, 0.4) is 0 Å². The molecule has 1 saturated heterocycles. The number of fused-ring (bicyclic) bond motifs is 4. The number of likely N-dealkylation sites (tertiary alicyclic amines) is 1. The Morgan fingerprint density at radius 1 is 1.13 bits per heavy atom. The number of phenolic OH excluding ortho intramolecular Hbond substituents is 1. The summed E-state index contributed by atoms with van der Waals surface area (Å²) in [4.78, 5) is 39.8. The summed E-state index contributed by atoms with van der Waals surface area (Å²) in [6, 6.07) is 11.2. The zero-order valence-corrected chi connectivity index (χ0v) is 22.0. The van der Waals surface area contributed by atoms with Crippen LogP contribution < -0.4 is 15.7 Å². The number of hydrogen-bond acceptors (Lipinski definition) is 9. The Bertz CT molecular complexity index is 1490. The number of benzene rings is 1. The number of aromatic nitrogens is 1. The van der Waals surface area contributed by atoms with Crippen LogP contribution in [0.1, 0.15) is 54.4 Å². The van der Waals surface area contributed by atoms with Crippen LogP contribution in [0.15, 0.2) is 56.5 Å². The van der Waals surface area contributed by atoms with Crippen molar-refractivity contribution in [1.82, 2.24) is 9.47 Å². The van der Waals surface area contributed by atoms with Crippen LogP contribution in [-0.2, 0) is 22.6 Å². The van der Waals surface area contributed by atoms with Crippen molar-refractivity contribution in [3.63, 3.8) is 0 Å². The summed E-state index contributed by atoms with van der Waals surface area (Å²) in [5, 5.41) is 20.9. The van der Waals surface area contributed by atoms with E-state index in [1.54, 1.807) is 31.2 Å². The molecule has 1 aromatic carbocycles. The fourth-order valence-corrected chi connectivity index (χ4v) is 5.84. The number of piperidine rings is 1. The molecule has 3 aromatic rings. The van der Waals surface area contributed by atoms with Crippen LogP contribution in [0.25, 0.3) is 0 Å². The predicted molar refractivity (Wildman–Crippen MR) is 141 cm³/mol. The maximum Gasteiger partial charge on any atom is 0.306 e. The summed E-state index contributed by atoms with van der Waals surface area (Å²) < 4.78 is 18.4. The molecule has 3 atom stereocenters. The third-order valence-corrected chi connectivity index (χ3v) is 7.54. The van der Waals surface area contributed by atoms with Gasteiger partial charge in [-0.3, -0.25) is 19.3 Å². The Morgan fingerprint density at radius 2 is 1.95 bits per heavy atom. The summed E-state index contributed by atoms with van der Waals surface area (Å²) in [6.07, 6.45) is 0.793. The third kappa shape index (κ3) is 5.42. The monoisotopic (exact) mass is 536 g/mol. The molecule has 2 aliphatic rings. The maximum atomic E-state index is 12.9. The van der Waals surface area contributed by atoms with Crippen molar-refractivity contribution in [2.75, 3.05) is 26.8 Å². The van der Waals surface area contributed by atoms with Gasteiger partial charge in [-0.25, -0.2) is 0 Å². The predicted octanol–water partition coefficient (Wildman–Crippen LogP) is 2.93. The molecule has 2 aliphatic heterocycles. The smallest absolute Gasteiger partial charge is 0.306 e. The van der Waals surface area contributed by atoms with Gasteiger partial charge in [0.1, 0.15) is 5.76 Å². The van der Waals surface area contributed by atoms with Crippen molar-refractivity contribution in [3.05, 3.63) is 85.8 Å². The number of aromatic hydroxyl groups is 2. The molecular weight excluding hydrogens is 504 g/mol. The first-order valence-electron chi connectivity index (χ1n) is 13.1. The molecule has 2 aromatic heterocycles. The van der Waals surface area contributed by atoms with Gasteiger partial charge in [-0.1, -0.05) is 12.1 Å². The molecule has 0 radical (unpaired) electrons. The molecule has 4 heterocycles. The molecule has 1 fully saturated rings. The number of nitrogens with zero attached hydrogens (tertiary/aromatic N) is 2. The molecule has 10 nitrogen and oxygen atoms in total. The average molecular weight is 537 g/mol. The van der Waals surface area contributed by atoms with E-state index in [0.29, 0.717) is 43.5 Å². The van der Waals surface area contributed by atoms with Gasteiger partial charge in [0.25, 0.3) is 5.56 Å². The van der Waals surface area contributed by atoms with Gasteiger partial charge in [-0.15, -0.1) is 0 Å². The van der Waals surface area contributed by atoms with E-state index < -0.39 is 23.1 Å². The lowest BCUT2D eigenvalue weighted by Gasteiger charge is -2.42. The fraction of sp³-hybridized carbons (Fsp3) is 0.414. The first kappa shape index (κ1) is 26.6. The van der Waals surface area contributed by atoms with E-state index >= 15 is 0 Å². The molecule has 206 valence electrons. The van der Waals surface area contributed by atoms with Crippen LogP contribution >= 0.6 is 0 Å². The molecule has 5 rings (SSSR count). The Morgan fingerprint density at radius 3 is 2.72 bits per heavy atom. The van der Waals surface area contributed by atoms with E-state index in [-0.39, 0.29) is 35.2 Å². The molecular formula is C29H32N2O8.